The highest BCUT2D eigenvalue weighted by molar-refractivity contribution is 5.77. The van der Waals surface area contributed by atoms with E-state index >= 15 is 0 Å². The Hall–Kier alpha value is -2.10. The van der Waals surface area contributed by atoms with Crippen LogP contribution in [0, 0.1) is 0 Å². The van der Waals surface area contributed by atoms with Gasteiger partial charge in [-0.1, -0.05) is 48.5 Å². The van der Waals surface area contributed by atoms with Gasteiger partial charge in [-0.05, 0) is 37.5 Å². The predicted octanol–water partition coefficient (Wildman–Crippen LogP) is 4.60. The molecule has 3 aromatic rings. The van der Waals surface area contributed by atoms with Crippen LogP contribution in [0.15, 0.2) is 65.1 Å². The number of rotatable bonds is 7. The molecular formula is C20H23NO2. The largest absolute Gasteiger partial charge is 0.459 e. The van der Waals surface area contributed by atoms with E-state index in [0.717, 1.165) is 29.6 Å². The van der Waals surface area contributed by atoms with Gasteiger partial charge in [0.25, 0.3) is 0 Å². The van der Waals surface area contributed by atoms with E-state index in [-0.39, 0.29) is 18.7 Å². The molecule has 1 aromatic heterocycles. The molecule has 0 amide bonds. The smallest absolute Gasteiger partial charge is 0.134 e. The Bertz CT molecular complexity index is 702. The highest BCUT2D eigenvalue weighted by Crippen LogP contribution is 2.27. The molecule has 2 aromatic carbocycles. The summed E-state index contributed by atoms with van der Waals surface area (Å²) in [6.07, 6.45) is 1.67. The van der Waals surface area contributed by atoms with Gasteiger partial charge in [0.05, 0.1) is 6.04 Å². The molecule has 0 saturated heterocycles. The van der Waals surface area contributed by atoms with Crippen molar-refractivity contribution >= 4 is 11.0 Å². The first kappa shape index (κ1) is 15.8. The van der Waals surface area contributed by atoms with Gasteiger partial charge >= 0.3 is 0 Å². The molecule has 2 N–H and O–H groups in total. The van der Waals surface area contributed by atoms with Crippen LogP contribution in [0.5, 0.6) is 0 Å². The third kappa shape index (κ3) is 3.81. The van der Waals surface area contributed by atoms with Gasteiger partial charge in [-0.3, -0.25) is 0 Å². The third-order valence-corrected chi connectivity index (χ3v) is 4.18. The van der Waals surface area contributed by atoms with Gasteiger partial charge in [-0.25, -0.2) is 0 Å². The minimum atomic E-state index is 0.103. The normalized spacial score (nSPS) is 14.0. The molecule has 3 nitrogen and oxygen atoms in total. The molecule has 0 radical (unpaired) electrons. The summed E-state index contributed by atoms with van der Waals surface area (Å²) in [6.45, 7) is 2.33. The monoisotopic (exact) mass is 309 g/mol. The van der Waals surface area contributed by atoms with E-state index in [0.29, 0.717) is 0 Å². The Morgan fingerprint density at radius 3 is 2.52 bits per heavy atom. The molecule has 0 aliphatic heterocycles. The number of aliphatic hydroxyl groups excluding tert-OH is 1. The van der Waals surface area contributed by atoms with E-state index in [1.165, 1.54) is 5.56 Å². The van der Waals surface area contributed by atoms with Crippen LogP contribution in [-0.4, -0.2) is 11.7 Å². The fourth-order valence-corrected chi connectivity index (χ4v) is 2.93. The average molecular weight is 309 g/mol. The first-order valence-electron chi connectivity index (χ1n) is 8.18. The van der Waals surface area contributed by atoms with Crippen LogP contribution in [0.3, 0.4) is 0 Å². The lowest BCUT2D eigenvalue weighted by Gasteiger charge is -2.22. The minimum absolute atomic E-state index is 0.103. The van der Waals surface area contributed by atoms with Gasteiger partial charge in [0, 0.05) is 18.0 Å². The SMILES string of the molecule is C[C@@H](N[C@H](CCCO)c1ccccc1)c1cc2ccccc2o1. The Morgan fingerprint density at radius 2 is 1.78 bits per heavy atom. The summed E-state index contributed by atoms with van der Waals surface area (Å²) in [7, 11) is 0. The fraction of sp³-hybridized carbons (Fsp3) is 0.300. The van der Waals surface area contributed by atoms with Crippen LogP contribution in [0.25, 0.3) is 11.0 Å². The number of hydrogen-bond acceptors (Lipinski definition) is 3. The van der Waals surface area contributed by atoms with E-state index < -0.39 is 0 Å². The van der Waals surface area contributed by atoms with Crippen LogP contribution in [0.2, 0.25) is 0 Å². The van der Waals surface area contributed by atoms with Crippen molar-refractivity contribution in [2.45, 2.75) is 31.8 Å². The maximum atomic E-state index is 9.16. The molecule has 0 aliphatic carbocycles. The summed E-state index contributed by atoms with van der Waals surface area (Å²) in [5.41, 5.74) is 2.16. The lowest BCUT2D eigenvalue weighted by Crippen LogP contribution is -2.24. The molecule has 0 saturated carbocycles. The van der Waals surface area contributed by atoms with E-state index in [1.54, 1.807) is 0 Å². The van der Waals surface area contributed by atoms with Crippen molar-refractivity contribution in [1.29, 1.82) is 0 Å². The van der Waals surface area contributed by atoms with Gasteiger partial charge in [0.2, 0.25) is 0 Å². The predicted molar refractivity (Wildman–Crippen MR) is 93.3 cm³/mol. The third-order valence-electron chi connectivity index (χ3n) is 4.18. The molecule has 0 bridgehead atoms. The lowest BCUT2D eigenvalue weighted by atomic mass is 10.0. The van der Waals surface area contributed by atoms with Crippen molar-refractivity contribution < 1.29 is 9.52 Å². The number of furan rings is 1. The van der Waals surface area contributed by atoms with Crippen molar-refractivity contribution in [2.24, 2.45) is 0 Å². The summed E-state index contributed by atoms with van der Waals surface area (Å²) < 4.78 is 5.96. The summed E-state index contributed by atoms with van der Waals surface area (Å²) >= 11 is 0. The van der Waals surface area contributed by atoms with E-state index in [2.05, 4.69) is 48.6 Å². The zero-order valence-corrected chi connectivity index (χ0v) is 13.4. The van der Waals surface area contributed by atoms with E-state index in [4.69, 9.17) is 9.52 Å². The molecule has 2 atom stereocenters. The molecule has 23 heavy (non-hydrogen) atoms. The van der Waals surface area contributed by atoms with E-state index in [9.17, 15) is 0 Å². The zero-order chi connectivity index (χ0) is 16.1. The van der Waals surface area contributed by atoms with Crippen LogP contribution in [0.4, 0.5) is 0 Å². The number of benzene rings is 2. The maximum absolute atomic E-state index is 9.16. The molecule has 0 fully saturated rings. The average Bonchev–Trinajstić information content (AvgIpc) is 3.03. The lowest BCUT2D eigenvalue weighted by molar-refractivity contribution is 0.270. The number of para-hydroxylation sites is 1. The second-order valence-electron chi connectivity index (χ2n) is 5.90. The number of aliphatic hydroxyl groups is 1. The van der Waals surface area contributed by atoms with Crippen molar-refractivity contribution in [3.8, 4) is 0 Å². The topological polar surface area (TPSA) is 45.4 Å². The van der Waals surface area contributed by atoms with Crippen LogP contribution in [-0.2, 0) is 0 Å². The quantitative estimate of drug-likeness (QED) is 0.670. The minimum Gasteiger partial charge on any atom is -0.459 e. The highest BCUT2D eigenvalue weighted by atomic mass is 16.3. The Labute approximate surface area is 136 Å². The van der Waals surface area contributed by atoms with Gasteiger partial charge in [-0.15, -0.1) is 0 Å². The molecular weight excluding hydrogens is 286 g/mol. The number of nitrogens with one attached hydrogen (secondary N) is 1. The summed E-state index contributed by atoms with van der Waals surface area (Å²) in [5, 5.41) is 13.9. The van der Waals surface area contributed by atoms with Crippen molar-refractivity contribution in [2.75, 3.05) is 6.61 Å². The van der Waals surface area contributed by atoms with Gasteiger partial charge in [0.15, 0.2) is 0 Å². The van der Waals surface area contributed by atoms with Gasteiger partial charge < -0.3 is 14.8 Å². The van der Waals surface area contributed by atoms with Crippen LogP contribution in [0.1, 0.15) is 43.2 Å². The maximum Gasteiger partial charge on any atom is 0.134 e. The first-order valence-corrected chi connectivity index (χ1v) is 8.18. The molecule has 3 heteroatoms. The Balaban J connectivity index is 1.78. The van der Waals surface area contributed by atoms with E-state index in [1.807, 2.05) is 24.3 Å². The standard InChI is InChI=1S/C20H23NO2/c1-15(20-14-17-10-5-6-12-19(17)23-20)21-18(11-7-13-22)16-8-3-2-4-9-16/h2-6,8-10,12,14-15,18,21-22H,7,11,13H2,1H3/t15-,18-/m1/s1. The highest BCUT2D eigenvalue weighted by Gasteiger charge is 2.17. The number of fused-ring (bicyclic) bond motifs is 1. The molecule has 0 unspecified atom stereocenters. The van der Waals surface area contributed by atoms with Crippen molar-refractivity contribution in [3.63, 3.8) is 0 Å². The Morgan fingerprint density at radius 1 is 1.04 bits per heavy atom. The summed E-state index contributed by atoms with van der Waals surface area (Å²) in [4.78, 5) is 0. The van der Waals surface area contributed by atoms with Gasteiger partial charge in [-0.2, -0.15) is 0 Å². The summed E-state index contributed by atoms with van der Waals surface area (Å²) in [6, 6.07) is 20.8. The molecule has 120 valence electrons. The molecule has 3 rings (SSSR count). The second kappa shape index (κ2) is 7.44. The second-order valence-corrected chi connectivity index (χ2v) is 5.90. The Kier molecular flexibility index (Phi) is 5.11. The van der Waals surface area contributed by atoms with Crippen LogP contribution < -0.4 is 5.32 Å². The zero-order valence-electron chi connectivity index (χ0n) is 13.4. The first-order chi connectivity index (χ1) is 11.3. The molecule has 0 aliphatic rings. The van der Waals surface area contributed by atoms with Crippen molar-refractivity contribution in [3.05, 3.63) is 72.0 Å². The molecule has 0 spiro atoms. The fourth-order valence-electron chi connectivity index (χ4n) is 2.93. The number of hydrogen-bond donors (Lipinski definition) is 2. The summed E-state index contributed by atoms with van der Waals surface area (Å²) in [5.74, 6) is 0.941. The van der Waals surface area contributed by atoms with Crippen molar-refractivity contribution in [1.82, 2.24) is 5.32 Å². The van der Waals surface area contributed by atoms with Gasteiger partial charge in [0.1, 0.15) is 11.3 Å². The molecule has 1 heterocycles. The van der Waals surface area contributed by atoms with Crippen LogP contribution >= 0.6 is 0 Å².